The summed E-state index contributed by atoms with van der Waals surface area (Å²) in [5.41, 5.74) is 0. The predicted octanol–water partition coefficient (Wildman–Crippen LogP) is 2.10. The molecule has 0 saturated carbocycles. The molecular weight excluding hydrogens is 276 g/mol. The van der Waals surface area contributed by atoms with Crippen molar-refractivity contribution in [3.05, 3.63) is 18.2 Å². The molecule has 0 spiro atoms. The van der Waals surface area contributed by atoms with Crippen LogP contribution in [0.15, 0.2) is 22.6 Å². The molecule has 0 atom stereocenters. The highest BCUT2D eigenvalue weighted by Gasteiger charge is 2.08. The molecule has 0 amide bonds. The Morgan fingerprint density at radius 3 is 2.95 bits per heavy atom. The Labute approximate surface area is 122 Å². The molecule has 0 fully saturated rings. The number of rotatable bonds is 8. The standard InChI is InChI=1S/C12H18N6OS/c1-3-5-13-9-6-11(20-12-14-8-15-18-12)17-10(16-9)7-19-4-2/h6,8H,3-5,7H2,1-2H3,(H,13,16,17)(H,14,15,18). The van der Waals surface area contributed by atoms with E-state index in [1.54, 1.807) is 0 Å². The highest BCUT2D eigenvalue weighted by Crippen LogP contribution is 2.24. The Balaban J connectivity index is 2.15. The van der Waals surface area contributed by atoms with E-state index >= 15 is 0 Å². The maximum atomic E-state index is 5.37. The van der Waals surface area contributed by atoms with E-state index in [0.29, 0.717) is 24.2 Å². The molecule has 0 aliphatic rings. The first-order valence-corrected chi connectivity index (χ1v) is 7.36. The summed E-state index contributed by atoms with van der Waals surface area (Å²) in [5, 5.41) is 11.4. The molecule has 8 heteroatoms. The van der Waals surface area contributed by atoms with Gasteiger partial charge in [-0.2, -0.15) is 5.10 Å². The minimum atomic E-state index is 0.405. The minimum absolute atomic E-state index is 0.405. The van der Waals surface area contributed by atoms with E-state index in [4.69, 9.17) is 4.74 Å². The maximum Gasteiger partial charge on any atom is 0.189 e. The summed E-state index contributed by atoms with van der Waals surface area (Å²) >= 11 is 1.41. The summed E-state index contributed by atoms with van der Waals surface area (Å²) in [6.45, 7) is 5.98. The van der Waals surface area contributed by atoms with Gasteiger partial charge in [0.2, 0.25) is 0 Å². The van der Waals surface area contributed by atoms with Crippen molar-refractivity contribution >= 4 is 17.6 Å². The van der Waals surface area contributed by atoms with Crippen molar-refractivity contribution in [2.24, 2.45) is 0 Å². The summed E-state index contributed by atoms with van der Waals surface area (Å²) in [6.07, 6.45) is 2.51. The molecule has 20 heavy (non-hydrogen) atoms. The van der Waals surface area contributed by atoms with Crippen molar-refractivity contribution in [1.82, 2.24) is 25.1 Å². The van der Waals surface area contributed by atoms with Crippen molar-refractivity contribution in [3.8, 4) is 0 Å². The number of aromatic nitrogens is 5. The molecule has 2 N–H and O–H groups in total. The van der Waals surface area contributed by atoms with E-state index < -0.39 is 0 Å². The second kappa shape index (κ2) is 7.81. The Morgan fingerprint density at radius 1 is 1.35 bits per heavy atom. The summed E-state index contributed by atoms with van der Waals surface area (Å²) < 4.78 is 5.37. The Bertz CT molecular complexity index is 492. The molecule has 0 aliphatic heterocycles. The summed E-state index contributed by atoms with van der Waals surface area (Å²) in [4.78, 5) is 13.0. The van der Waals surface area contributed by atoms with E-state index in [2.05, 4.69) is 37.4 Å². The number of nitrogens with one attached hydrogen (secondary N) is 2. The van der Waals surface area contributed by atoms with Gasteiger partial charge in [-0.05, 0) is 25.1 Å². The van der Waals surface area contributed by atoms with Gasteiger partial charge in [0, 0.05) is 19.2 Å². The van der Waals surface area contributed by atoms with Crippen LogP contribution in [0, 0.1) is 0 Å². The average Bonchev–Trinajstić information content (AvgIpc) is 2.95. The van der Waals surface area contributed by atoms with Gasteiger partial charge in [-0.1, -0.05) is 6.92 Å². The molecule has 7 nitrogen and oxygen atoms in total. The summed E-state index contributed by atoms with van der Waals surface area (Å²) in [7, 11) is 0. The van der Waals surface area contributed by atoms with Crippen LogP contribution in [0.1, 0.15) is 26.1 Å². The number of nitrogens with zero attached hydrogens (tertiary/aromatic N) is 4. The van der Waals surface area contributed by atoms with Crippen LogP contribution >= 0.6 is 11.8 Å². The third-order valence-corrected chi connectivity index (χ3v) is 3.14. The normalized spacial score (nSPS) is 10.7. The fourth-order valence-corrected chi connectivity index (χ4v) is 2.19. The molecule has 2 heterocycles. The van der Waals surface area contributed by atoms with Crippen molar-refractivity contribution < 1.29 is 4.74 Å². The van der Waals surface area contributed by atoms with Crippen LogP contribution in [-0.4, -0.2) is 38.3 Å². The monoisotopic (exact) mass is 294 g/mol. The first kappa shape index (κ1) is 14.7. The highest BCUT2D eigenvalue weighted by atomic mass is 32.2. The van der Waals surface area contributed by atoms with Crippen LogP contribution in [0.2, 0.25) is 0 Å². The van der Waals surface area contributed by atoms with E-state index in [1.807, 2.05) is 13.0 Å². The van der Waals surface area contributed by atoms with Gasteiger partial charge in [0.1, 0.15) is 23.8 Å². The minimum Gasteiger partial charge on any atom is -0.374 e. The van der Waals surface area contributed by atoms with Gasteiger partial charge in [0.15, 0.2) is 11.0 Å². The van der Waals surface area contributed by atoms with Crippen molar-refractivity contribution in [3.63, 3.8) is 0 Å². The van der Waals surface area contributed by atoms with Gasteiger partial charge in [0.25, 0.3) is 0 Å². The van der Waals surface area contributed by atoms with Gasteiger partial charge >= 0.3 is 0 Å². The molecule has 0 bridgehead atoms. The summed E-state index contributed by atoms with van der Waals surface area (Å²) in [6, 6.07) is 1.90. The lowest BCUT2D eigenvalue weighted by atomic mass is 10.4. The lowest BCUT2D eigenvalue weighted by molar-refractivity contribution is 0.128. The first-order valence-electron chi connectivity index (χ1n) is 6.54. The molecule has 2 rings (SSSR count). The Morgan fingerprint density at radius 2 is 2.25 bits per heavy atom. The molecule has 0 aromatic carbocycles. The van der Waals surface area contributed by atoms with E-state index in [1.165, 1.54) is 18.1 Å². The maximum absolute atomic E-state index is 5.37. The first-order chi connectivity index (χ1) is 9.81. The van der Waals surface area contributed by atoms with E-state index in [9.17, 15) is 0 Å². The lowest BCUT2D eigenvalue weighted by Crippen LogP contribution is -2.07. The fraction of sp³-hybridized carbons (Fsp3) is 0.500. The number of H-pyrrole nitrogens is 1. The SMILES string of the molecule is CCCNc1cc(Sc2ncn[nH]2)nc(COCC)n1. The topological polar surface area (TPSA) is 88.6 Å². The molecule has 0 unspecified atom stereocenters. The number of hydrogen-bond acceptors (Lipinski definition) is 7. The van der Waals surface area contributed by atoms with Gasteiger partial charge in [-0.25, -0.2) is 15.0 Å². The van der Waals surface area contributed by atoms with Crippen LogP contribution in [0.3, 0.4) is 0 Å². The van der Waals surface area contributed by atoms with Crippen molar-refractivity contribution in [2.45, 2.75) is 37.1 Å². The molecule has 2 aromatic heterocycles. The highest BCUT2D eigenvalue weighted by molar-refractivity contribution is 7.99. The zero-order valence-electron chi connectivity index (χ0n) is 11.6. The van der Waals surface area contributed by atoms with Crippen LogP contribution in [-0.2, 0) is 11.3 Å². The zero-order chi connectivity index (χ0) is 14.2. The van der Waals surface area contributed by atoms with E-state index in [-0.39, 0.29) is 0 Å². The Hall–Kier alpha value is -1.67. The van der Waals surface area contributed by atoms with Gasteiger partial charge < -0.3 is 10.1 Å². The molecule has 2 aromatic rings. The number of anilines is 1. The molecule has 0 aliphatic carbocycles. The third-order valence-electron chi connectivity index (χ3n) is 2.33. The molecule has 108 valence electrons. The quantitative estimate of drug-likeness (QED) is 0.721. The van der Waals surface area contributed by atoms with Crippen LogP contribution in [0.25, 0.3) is 0 Å². The number of aromatic amines is 1. The second-order valence-electron chi connectivity index (χ2n) is 3.96. The number of ether oxygens (including phenoxy) is 1. The van der Waals surface area contributed by atoms with Crippen molar-refractivity contribution in [1.29, 1.82) is 0 Å². The second-order valence-corrected chi connectivity index (χ2v) is 4.97. The summed E-state index contributed by atoms with van der Waals surface area (Å²) in [5.74, 6) is 1.47. The Kier molecular flexibility index (Phi) is 5.75. The molecular formula is C12H18N6OS. The van der Waals surface area contributed by atoms with Gasteiger partial charge in [0.05, 0.1) is 0 Å². The van der Waals surface area contributed by atoms with E-state index in [0.717, 1.165) is 23.8 Å². The van der Waals surface area contributed by atoms with Crippen LogP contribution in [0.4, 0.5) is 5.82 Å². The van der Waals surface area contributed by atoms with Crippen molar-refractivity contribution in [2.75, 3.05) is 18.5 Å². The zero-order valence-corrected chi connectivity index (χ0v) is 12.4. The van der Waals surface area contributed by atoms with Gasteiger partial charge in [-0.15, -0.1) is 0 Å². The number of hydrogen-bond donors (Lipinski definition) is 2. The predicted molar refractivity (Wildman–Crippen MR) is 76.6 cm³/mol. The lowest BCUT2D eigenvalue weighted by Gasteiger charge is -2.08. The van der Waals surface area contributed by atoms with Gasteiger partial charge in [-0.3, -0.25) is 5.10 Å². The largest absolute Gasteiger partial charge is 0.374 e. The molecule has 0 saturated heterocycles. The van der Waals surface area contributed by atoms with Crippen LogP contribution in [0.5, 0.6) is 0 Å². The average molecular weight is 294 g/mol. The molecule has 0 radical (unpaired) electrons. The fourth-order valence-electron chi connectivity index (χ4n) is 1.47. The third kappa shape index (κ3) is 4.46. The smallest absolute Gasteiger partial charge is 0.189 e. The van der Waals surface area contributed by atoms with Crippen LogP contribution < -0.4 is 5.32 Å².